The Labute approximate surface area is 73.9 Å². The Kier molecular flexibility index (Phi) is 6.27. The molecule has 0 aliphatic rings. The summed E-state index contributed by atoms with van der Waals surface area (Å²) in [6, 6.07) is 0. The minimum Gasteiger partial charge on any atom is -0.330 e. The van der Waals surface area contributed by atoms with Gasteiger partial charge < -0.3 is 5.73 Å². The molecule has 0 radical (unpaired) electrons. The maximum atomic E-state index is 10.9. The lowest BCUT2D eigenvalue weighted by Gasteiger charge is -2.05. The predicted octanol–water partition coefficient (Wildman–Crippen LogP) is -0.831. The number of nitrogens with two attached hydrogens (primary N) is 1. The molecule has 74 valence electrons. The summed E-state index contributed by atoms with van der Waals surface area (Å²) in [5.41, 5.74) is 5.24. The van der Waals surface area contributed by atoms with Gasteiger partial charge in [-0.15, -0.1) is 0 Å². The van der Waals surface area contributed by atoms with Crippen molar-refractivity contribution in [1.29, 1.82) is 0 Å². The summed E-state index contributed by atoms with van der Waals surface area (Å²) in [4.78, 5) is 0. The van der Waals surface area contributed by atoms with Crippen LogP contribution in [0.5, 0.6) is 0 Å². The van der Waals surface area contributed by atoms with Gasteiger partial charge >= 0.3 is 0 Å². The molecule has 6 heteroatoms. The molecule has 0 aromatic rings. The fraction of sp³-hybridized carbons (Fsp3) is 1.00. The summed E-state index contributed by atoms with van der Waals surface area (Å²) in [7, 11) is -3.25. The van der Waals surface area contributed by atoms with Crippen LogP contribution in [0, 0.1) is 0 Å². The van der Waals surface area contributed by atoms with Crippen molar-refractivity contribution in [2.75, 3.05) is 19.6 Å². The zero-order valence-electron chi connectivity index (χ0n) is 7.34. The molecule has 12 heavy (non-hydrogen) atoms. The van der Waals surface area contributed by atoms with Crippen LogP contribution in [-0.2, 0) is 10.2 Å². The van der Waals surface area contributed by atoms with Crippen LogP contribution in [0.2, 0.25) is 0 Å². The van der Waals surface area contributed by atoms with E-state index in [1.165, 1.54) is 0 Å². The van der Waals surface area contributed by atoms with Crippen LogP contribution in [0.15, 0.2) is 0 Å². The van der Waals surface area contributed by atoms with Gasteiger partial charge in [-0.1, -0.05) is 6.92 Å². The van der Waals surface area contributed by atoms with Crippen molar-refractivity contribution < 1.29 is 8.42 Å². The fourth-order valence-electron chi connectivity index (χ4n) is 0.717. The molecule has 0 amide bonds. The lowest BCUT2D eigenvalue weighted by atomic mass is 10.3. The first-order valence-electron chi connectivity index (χ1n) is 4.06. The summed E-state index contributed by atoms with van der Waals surface area (Å²) in [5.74, 6) is 0. The third-order valence-electron chi connectivity index (χ3n) is 1.26. The number of hydrogen-bond acceptors (Lipinski definition) is 3. The Balaban J connectivity index is 3.48. The molecular weight excluding hydrogens is 178 g/mol. The Morgan fingerprint density at radius 1 is 1.25 bits per heavy atom. The van der Waals surface area contributed by atoms with Crippen LogP contribution in [0.4, 0.5) is 0 Å². The highest BCUT2D eigenvalue weighted by Crippen LogP contribution is 1.84. The fourth-order valence-corrected chi connectivity index (χ4v) is 1.61. The molecule has 0 fully saturated rings. The first-order chi connectivity index (χ1) is 5.62. The van der Waals surface area contributed by atoms with Gasteiger partial charge in [-0.05, 0) is 19.4 Å². The molecule has 5 nitrogen and oxygen atoms in total. The molecule has 0 spiro atoms. The molecule has 0 aromatic heterocycles. The van der Waals surface area contributed by atoms with Gasteiger partial charge in [0.25, 0.3) is 10.2 Å². The van der Waals surface area contributed by atoms with Gasteiger partial charge in [0.2, 0.25) is 0 Å². The highest BCUT2D eigenvalue weighted by atomic mass is 32.2. The summed E-state index contributed by atoms with van der Waals surface area (Å²) in [6.45, 7) is 3.20. The van der Waals surface area contributed by atoms with Gasteiger partial charge in [0.05, 0.1) is 0 Å². The zero-order valence-corrected chi connectivity index (χ0v) is 8.15. The van der Waals surface area contributed by atoms with E-state index in [2.05, 4.69) is 9.44 Å². The Hall–Kier alpha value is -0.170. The van der Waals surface area contributed by atoms with E-state index in [9.17, 15) is 8.42 Å². The van der Waals surface area contributed by atoms with Gasteiger partial charge in [-0.25, -0.2) is 9.44 Å². The average molecular weight is 195 g/mol. The third kappa shape index (κ3) is 6.53. The Morgan fingerprint density at radius 3 is 2.42 bits per heavy atom. The van der Waals surface area contributed by atoms with Crippen LogP contribution in [0.3, 0.4) is 0 Å². The van der Waals surface area contributed by atoms with Crippen LogP contribution < -0.4 is 15.2 Å². The molecule has 4 N–H and O–H groups in total. The average Bonchev–Trinajstić information content (AvgIpc) is 1.98. The number of rotatable bonds is 7. The van der Waals surface area contributed by atoms with Crippen molar-refractivity contribution in [3.8, 4) is 0 Å². The Bertz CT molecular complexity index is 191. The van der Waals surface area contributed by atoms with Crippen LogP contribution in [-0.4, -0.2) is 28.1 Å². The minimum absolute atomic E-state index is 0.409. The van der Waals surface area contributed by atoms with Gasteiger partial charge in [-0.2, -0.15) is 8.42 Å². The SMILES string of the molecule is CCNS(=O)(=O)NCCCCN. The van der Waals surface area contributed by atoms with E-state index in [1.807, 2.05) is 0 Å². The topological polar surface area (TPSA) is 84.2 Å². The molecule has 0 aliphatic heterocycles. The second kappa shape index (κ2) is 6.36. The van der Waals surface area contributed by atoms with Crippen molar-refractivity contribution in [2.45, 2.75) is 19.8 Å². The zero-order chi connectivity index (χ0) is 9.45. The van der Waals surface area contributed by atoms with Gasteiger partial charge in [0.15, 0.2) is 0 Å². The molecule has 0 rings (SSSR count). The van der Waals surface area contributed by atoms with Gasteiger partial charge in [-0.3, -0.25) is 0 Å². The monoisotopic (exact) mass is 195 g/mol. The summed E-state index contributed by atoms with van der Waals surface area (Å²) < 4.78 is 26.6. The van der Waals surface area contributed by atoms with Crippen molar-refractivity contribution in [3.63, 3.8) is 0 Å². The molecule has 0 heterocycles. The number of unbranched alkanes of at least 4 members (excludes halogenated alkanes) is 1. The standard InChI is InChI=1S/C6H17N3O2S/c1-2-8-12(10,11)9-6-4-3-5-7/h8-9H,2-7H2,1H3. The predicted molar refractivity (Wildman–Crippen MR) is 48.9 cm³/mol. The number of nitrogens with one attached hydrogen (secondary N) is 2. The summed E-state index contributed by atoms with van der Waals surface area (Å²) in [6.07, 6.45) is 1.62. The van der Waals surface area contributed by atoms with E-state index in [-0.39, 0.29) is 0 Å². The maximum Gasteiger partial charge on any atom is 0.276 e. The lowest BCUT2D eigenvalue weighted by Crippen LogP contribution is -2.36. The summed E-state index contributed by atoms with van der Waals surface area (Å²) >= 11 is 0. The largest absolute Gasteiger partial charge is 0.330 e. The van der Waals surface area contributed by atoms with Crippen molar-refractivity contribution in [2.24, 2.45) is 5.73 Å². The Morgan fingerprint density at radius 2 is 1.92 bits per heavy atom. The van der Waals surface area contributed by atoms with E-state index >= 15 is 0 Å². The van der Waals surface area contributed by atoms with Crippen molar-refractivity contribution in [3.05, 3.63) is 0 Å². The lowest BCUT2D eigenvalue weighted by molar-refractivity contribution is 0.564. The normalized spacial score (nSPS) is 11.8. The first-order valence-corrected chi connectivity index (χ1v) is 5.55. The second-order valence-electron chi connectivity index (χ2n) is 2.39. The highest BCUT2D eigenvalue weighted by molar-refractivity contribution is 7.87. The molecule has 0 bridgehead atoms. The van der Waals surface area contributed by atoms with Gasteiger partial charge in [0.1, 0.15) is 0 Å². The molecule has 0 unspecified atom stereocenters. The highest BCUT2D eigenvalue weighted by Gasteiger charge is 2.04. The van der Waals surface area contributed by atoms with Crippen LogP contribution in [0.25, 0.3) is 0 Å². The van der Waals surface area contributed by atoms with Gasteiger partial charge in [0, 0.05) is 13.1 Å². The van der Waals surface area contributed by atoms with Crippen molar-refractivity contribution >= 4 is 10.2 Å². The van der Waals surface area contributed by atoms with Crippen LogP contribution >= 0.6 is 0 Å². The summed E-state index contributed by atoms with van der Waals surface area (Å²) in [5, 5.41) is 0. The molecule has 0 atom stereocenters. The molecular formula is C6H17N3O2S. The molecule has 0 aromatic carbocycles. The maximum absolute atomic E-state index is 10.9. The first kappa shape index (κ1) is 11.8. The van der Waals surface area contributed by atoms with E-state index in [0.29, 0.717) is 19.6 Å². The minimum atomic E-state index is -3.25. The van der Waals surface area contributed by atoms with E-state index in [4.69, 9.17) is 5.73 Å². The molecule has 0 saturated heterocycles. The quantitative estimate of drug-likeness (QED) is 0.464. The van der Waals surface area contributed by atoms with E-state index in [0.717, 1.165) is 12.8 Å². The van der Waals surface area contributed by atoms with E-state index < -0.39 is 10.2 Å². The molecule has 0 aliphatic carbocycles. The molecule has 0 saturated carbocycles. The number of hydrogen-bond donors (Lipinski definition) is 3. The van der Waals surface area contributed by atoms with Crippen molar-refractivity contribution in [1.82, 2.24) is 9.44 Å². The smallest absolute Gasteiger partial charge is 0.276 e. The van der Waals surface area contributed by atoms with E-state index in [1.54, 1.807) is 6.92 Å². The third-order valence-corrected chi connectivity index (χ3v) is 2.51. The van der Waals surface area contributed by atoms with Crippen LogP contribution in [0.1, 0.15) is 19.8 Å². The second-order valence-corrected chi connectivity index (χ2v) is 3.98.